The lowest BCUT2D eigenvalue weighted by Crippen LogP contribution is -2.34. The average molecular weight is 362 g/mol. The average Bonchev–Trinajstić information content (AvgIpc) is 2.38. The molecule has 20 heavy (non-hydrogen) atoms. The third kappa shape index (κ3) is 6.97. The second-order valence-electron chi connectivity index (χ2n) is 5.12. The van der Waals surface area contributed by atoms with Crippen LogP contribution in [0.1, 0.15) is 12.5 Å². The summed E-state index contributed by atoms with van der Waals surface area (Å²) < 4.78 is 6.54. The van der Waals surface area contributed by atoms with E-state index in [-0.39, 0.29) is 0 Å². The van der Waals surface area contributed by atoms with E-state index in [1.54, 1.807) is 0 Å². The van der Waals surface area contributed by atoms with Crippen LogP contribution in [0.4, 0.5) is 0 Å². The molecule has 2 atom stereocenters. The van der Waals surface area contributed by atoms with Gasteiger partial charge in [0.05, 0.1) is 4.47 Å². The highest BCUT2D eigenvalue weighted by molar-refractivity contribution is 9.10. The van der Waals surface area contributed by atoms with Gasteiger partial charge < -0.3 is 15.2 Å². The van der Waals surface area contributed by atoms with Gasteiger partial charge in [0.15, 0.2) is 0 Å². The van der Waals surface area contributed by atoms with Crippen molar-refractivity contribution in [3.8, 4) is 5.75 Å². The minimum absolute atomic E-state index is 0.297. The van der Waals surface area contributed by atoms with E-state index < -0.39 is 6.10 Å². The molecular weight excluding hydrogens is 338 g/mol. The molecule has 0 aliphatic rings. The largest absolute Gasteiger partial charge is 0.490 e. The van der Waals surface area contributed by atoms with Crippen molar-refractivity contribution < 1.29 is 9.84 Å². The Morgan fingerprint density at radius 3 is 2.80 bits per heavy atom. The van der Waals surface area contributed by atoms with E-state index in [0.717, 1.165) is 22.5 Å². The molecule has 0 radical (unpaired) electrons. The number of ether oxygens (including phenoxy) is 1. The maximum atomic E-state index is 9.89. The first-order valence-corrected chi connectivity index (χ1v) is 8.98. The van der Waals surface area contributed by atoms with Crippen LogP contribution in [0.25, 0.3) is 0 Å². The second-order valence-corrected chi connectivity index (χ2v) is 6.88. The molecule has 0 aliphatic carbocycles. The monoisotopic (exact) mass is 361 g/mol. The van der Waals surface area contributed by atoms with E-state index in [0.29, 0.717) is 19.1 Å². The van der Waals surface area contributed by atoms with Gasteiger partial charge in [0.25, 0.3) is 0 Å². The molecule has 0 spiro atoms. The summed E-state index contributed by atoms with van der Waals surface area (Å²) in [6.07, 6.45) is 1.61. The number of rotatable bonds is 9. The van der Waals surface area contributed by atoms with E-state index in [9.17, 15) is 5.11 Å². The molecule has 0 heterocycles. The minimum atomic E-state index is -0.496. The van der Waals surface area contributed by atoms with Crippen LogP contribution in [0, 0.1) is 12.8 Å². The fourth-order valence-electron chi connectivity index (χ4n) is 1.81. The Labute approximate surface area is 134 Å². The van der Waals surface area contributed by atoms with E-state index >= 15 is 0 Å². The Hall–Kier alpha value is -0.230. The van der Waals surface area contributed by atoms with E-state index in [1.807, 2.05) is 36.9 Å². The third-order valence-electron chi connectivity index (χ3n) is 2.84. The lowest BCUT2D eigenvalue weighted by atomic mass is 10.2. The number of halogens is 1. The van der Waals surface area contributed by atoms with Crippen LogP contribution in [-0.2, 0) is 0 Å². The highest BCUT2D eigenvalue weighted by Gasteiger charge is 2.08. The van der Waals surface area contributed by atoms with E-state index in [4.69, 9.17) is 4.74 Å². The normalized spacial score (nSPS) is 14.1. The van der Waals surface area contributed by atoms with Crippen molar-refractivity contribution >= 4 is 27.7 Å². The van der Waals surface area contributed by atoms with Crippen LogP contribution < -0.4 is 10.1 Å². The van der Waals surface area contributed by atoms with Crippen molar-refractivity contribution in [1.29, 1.82) is 0 Å². The molecule has 0 fully saturated rings. The zero-order chi connectivity index (χ0) is 15.0. The molecule has 0 aromatic heterocycles. The van der Waals surface area contributed by atoms with Crippen molar-refractivity contribution in [2.24, 2.45) is 5.92 Å². The minimum Gasteiger partial charge on any atom is -0.490 e. The summed E-state index contributed by atoms with van der Waals surface area (Å²) in [6.45, 7) is 6.01. The number of aliphatic hydroxyl groups is 1. The number of benzene rings is 1. The fraction of sp³-hybridized carbons (Fsp3) is 0.600. The van der Waals surface area contributed by atoms with Crippen molar-refractivity contribution in [2.75, 3.05) is 31.7 Å². The molecule has 2 unspecified atom stereocenters. The van der Waals surface area contributed by atoms with Crippen LogP contribution in [0.15, 0.2) is 22.7 Å². The van der Waals surface area contributed by atoms with Crippen LogP contribution in [0.2, 0.25) is 0 Å². The molecule has 0 aliphatic heterocycles. The van der Waals surface area contributed by atoms with Gasteiger partial charge in [0, 0.05) is 6.54 Å². The number of thioether (sulfide) groups is 1. The molecule has 0 saturated heterocycles. The topological polar surface area (TPSA) is 41.5 Å². The molecule has 2 N–H and O–H groups in total. The fourth-order valence-corrected chi connectivity index (χ4v) is 3.10. The van der Waals surface area contributed by atoms with E-state index in [2.05, 4.69) is 34.4 Å². The smallest absolute Gasteiger partial charge is 0.133 e. The molecule has 3 nitrogen and oxygen atoms in total. The predicted octanol–water partition coefficient (Wildman–Crippen LogP) is 3.09. The molecule has 0 amide bonds. The maximum absolute atomic E-state index is 9.89. The van der Waals surface area contributed by atoms with Crippen LogP contribution in [0.3, 0.4) is 0 Å². The Balaban J connectivity index is 2.24. The first-order valence-electron chi connectivity index (χ1n) is 6.79. The first kappa shape index (κ1) is 17.8. The zero-order valence-corrected chi connectivity index (χ0v) is 14.8. The number of aryl methyl sites for hydroxylation is 1. The van der Waals surface area contributed by atoms with Gasteiger partial charge in [-0.25, -0.2) is 0 Å². The lowest BCUT2D eigenvalue weighted by Gasteiger charge is -2.16. The summed E-state index contributed by atoms with van der Waals surface area (Å²) >= 11 is 5.31. The summed E-state index contributed by atoms with van der Waals surface area (Å²) in [5.74, 6) is 2.52. The van der Waals surface area contributed by atoms with Gasteiger partial charge in [-0.2, -0.15) is 11.8 Å². The van der Waals surface area contributed by atoms with Crippen molar-refractivity contribution in [3.05, 3.63) is 28.2 Å². The van der Waals surface area contributed by atoms with Gasteiger partial charge in [0.1, 0.15) is 18.5 Å². The number of aliphatic hydroxyl groups excluding tert-OH is 1. The number of hydrogen-bond acceptors (Lipinski definition) is 4. The molecule has 1 aromatic carbocycles. The molecule has 1 rings (SSSR count). The standard InChI is InChI=1S/C15H24BrNO2S/c1-11-4-5-15(14(16)6-11)19-9-13(18)8-17-7-12(2)10-20-3/h4-6,12-13,17-18H,7-10H2,1-3H3. The van der Waals surface area contributed by atoms with Gasteiger partial charge in [-0.15, -0.1) is 0 Å². The summed E-state index contributed by atoms with van der Waals surface area (Å²) in [6, 6.07) is 5.92. The molecule has 1 aromatic rings. The summed E-state index contributed by atoms with van der Waals surface area (Å²) in [7, 11) is 0. The van der Waals surface area contributed by atoms with Gasteiger partial charge in [0.2, 0.25) is 0 Å². The molecular formula is C15H24BrNO2S. The summed E-state index contributed by atoms with van der Waals surface area (Å²) in [5, 5.41) is 13.2. The van der Waals surface area contributed by atoms with Gasteiger partial charge in [-0.1, -0.05) is 13.0 Å². The van der Waals surface area contributed by atoms with Crippen LogP contribution in [-0.4, -0.2) is 42.9 Å². The second kappa shape index (κ2) is 9.66. The summed E-state index contributed by atoms with van der Waals surface area (Å²) in [5.41, 5.74) is 1.18. The molecule has 114 valence electrons. The SMILES string of the molecule is CSCC(C)CNCC(O)COc1ccc(C)cc1Br. The van der Waals surface area contributed by atoms with E-state index in [1.165, 1.54) is 5.56 Å². The molecule has 0 saturated carbocycles. The number of nitrogens with one attached hydrogen (secondary N) is 1. The number of hydrogen-bond donors (Lipinski definition) is 2. The van der Waals surface area contributed by atoms with Crippen molar-refractivity contribution in [1.82, 2.24) is 5.32 Å². The Morgan fingerprint density at radius 2 is 2.15 bits per heavy atom. The Morgan fingerprint density at radius 1 is 1.40 bits per heavy atom. The zero-order valence-electron chi connectivity index (χ0n) is 12.4. The maximum Gasteiger partial charge on any atom is 0.133 e. The Kier molecular flexibility index (Phi) is 8.61. The summed E-state index contributed by atoms with van der Waals surface area (Å²) in [4.78, 5) is 0. The third-order valence-corrected chi connectivity index (χ3v) is 4.36. The van der Waals surface area contributed by atoms with Crippen molar-refractivity contribution in [3.63, 3.8) is 0 Å². The first-order chi connectivity index (χ1) is 9.52. The molecule has 0 bridgehead atoms. The van der Waals surface area contributed by atoms with Crippen LogP contribution >= 0.6 is 27.7 Å². The van der Waals surface area contributed by atoms with Gasteiger partial charge >= 0.3 is 0 Å². The predicted molar refractivity (Wildman–Crippen MR) is 90.8 cm³/mol. The highest BCUT2D eigenvalue weighted by Crippen LogP contribution is 2.25. The van der Waals surface area contributed by atoms with Gasteiger partial charge in [-0.05, 0) is 65.0 Å². The Bertz CT molecular complexity index is 403. The van der Waals surface area contributed by atoms with Gasteiger partial charge in [-0.3, -0.25) is 0 Å². The quantitative estimate of drug-likeness (QED) is 0.709. The van der Waals surface area contributed by atoms with Crippen molar-refractivity contribution in [2.45, 2.75) is 20.0 Å². The molecule has 5 heteroatoms. The van der Waals surface area contributed by atoms with Crippen LogP contribution in [0.5, 0.6) is 5.75 Å². The highest BCUT2D eigenvalue weighted by atomic mass is 79.9. The lowest BCUT2D eigenvalue weighted by molar-refractivity contribution is 0.105.